The van der Waals surface area contributed by atoms with E-state index in [-0.39, 0.29) is 38.6 Å². The van der Waals surface area contributed by atoms with E-state index in [1.165, 1.54) is 42.6 Å². The third-order valence-electron chi connectivity index (χ3n) is 5.73. The van der Waals surface area contributed by atoms with Crippen LogP contribution >= 0.6 is 11.6 Å². The number of amides is 2. The van der Waals surface area contributed by atoms with E-state index in [0.717, 1.165) is 6.07 Å². The number of sulfone groups is 1. The van der Waals surface area contributed by atoms with Crippen LogP contribution in [0, 0.1) is 5.82 Å². The topological polar surface area (TPSA) is 156 Å². The maximum absolute atomic E-state index is 14.4. The standard InChI is InChI=1S/C27H24ClFN6O4S/c1-15(2)40(38,39)22-9-4-3-8-21(22)33-25-18(26(37)34-23-19(28)6-5-7-20(23)29)14-31-27(35-25)32-17-12-10-16(11-13-17)24(30)36/h3-15H,1-2H3,(H2,30,36)(H,34,37)(H2,31,32,33,35). The number of aromatic nitrogens is 2. The van der Waals surface area contributed by atoms with Crippen LogP contribution in [0.2, 0.25) is 5.02 Å². The van der Waals surface area contributed by atoms with Gasteiger partial charge < -0.3 is 21.7 Å². The van der Waals surface area contributed by atoms with Gasteiger partial charge in [-0.1, -0.05) is 29.8 Å². The zero-order chi connectivity index (χ0) is 29.0. The summed E-state index contributed by atoms with van der Waals surface area (Å²) in [4.78, 5) is 33.2. The molecule has 0 saturated heterocycles. The van der Waals surface area contributed by atoms with E-state index in [2.05, 4.69) is 25.9 Å². The zero-order valence-corrected chi connectivity index (χ0v) is 22.8. The third-order valence-corrected chi connectivity index (χ3v) is 8.25. The van der Waals surface area contributed by atoms with Crippen molar-refractivity contribution in [3.8, 4) is 0 Å². The number of nitrogens with one attached hydrogen (secondary N) is 3. The molecule has 0 fully saturated rings. The van der Waals surface area contributed by atoms with Crippen molar-refractivity contribution in [2.24, 2.45) is 5.73 Å². The lowest BCUT2D eigenvalue weighted by molar-refractivity contribution is 0.0997. The van der Waals surface area contributed by atoms with Crippen LogP contribution in [0.25, 0.3) is 0 Å². The molecule has 0 atom stereocenters. The SMILES string of the molecule is CC(C)S(=O)(=O)c1ccccc1Nc1nc(Nc2ccc(C(N)=O)cc2)ncc1C(=O)Nc1c(F)cccc1Cl. The highest BCUT2D eigenvalue weighted by Gasteiger charge is 2.24. The van der Waals surface area contributed by atoms with Gasteiger partial charge in [0.1, 0.15) is 17.2 Å². The van der Waals surface area contributed by atoms with Crippen molar-refractivity contribution in [1.29, 1.82) is 0 Å². The molecule has 0 aliphatic carbocycles. The summed E-state index contributed by atoms with van der Waals surface area (Å²) in [6, 6.07) is 16.3. The maximum Gasteiger partial charge on any atom is 0.261 e. The van der Waals surface area contributed by atoms with Gasteiger partial charge in [-0.2, -0.15) is 4.98 Å². The van der Waals surface area contributed by atoms with Gasteiger partial charge in [0.05, 0.1) is 26.5 Å². The predicted molar refractivity (Wildman–Crippen MR) is 152 cm³/mol. The van der Waals surface area contributed by atoms with Crippen molar-refractivity contribution in [3.05, 3.63) is 94.9 Å². The fourth-order valence-corrected chi connectivity index (χ4v) is 4.96. The van der Waals surface area contributed by atoms with Crippen molar-refractivity contribution in [2.45, 2.75) is 24.0 Å². The Labute approximate surface area is 234 Å². The minimum atomic E-state index is -3.72. The number of rotatable bonds is 9. The molecule has 0 unspecified atom stereocenters. The molecule has 0 radical (unpaired) electrons. The predicted octanol–water partition coefficient (Wildman–Crippen LogP) is 5.29. The van der Waals surface area contributed by atoms with E-state index in [0.29, 0.717) is 11.3 Å². The largest absolute Gasteiger partial charge is 0.366 e. The molecule has 0 spiro atoms. The highest BCUT2D eigenvalue weighted by Crippen LogP contribution is 2.30. The van der Waals surface area contributed by atoms with E-state index in [4.69, 9.17) is 17.3 Å². The van der Waals surface area contributed by atoms with Gasteiger partial charge in [-0.3, -0.25) is 9.59 Å². The molecule has 10 nitrogen and oxygen atoms in total. The van der Waals surface area contributed by atoms with Crippen LogP contribution in [0.4, 0.5) is 33.2 Å². The van der Waals surface area contributed by atoms with Gasteiger partial charge in [0.15, 0.2) is 9.84 Å². The molecule has 1 aromatic heterocycles. The number of para-hydroxylation sites is 2. The second-order valence-electron chi connectivity index (χ2n) is 8.79. The number of hydrogen-bond acceptors (Lipinski definition) is 8. The average molecular weight is 583 g/mol. The molecule has 13 heteroatoms. The number of carbonyl (C=O) groups excluding carboxylic acids is 2. The second kappa shape index (κ2) is 11.7. The van der Waals surface area contributed by atoms with Crippen molar-refractivity contribution in [2.75, 3.05) is 16.0 Å². The first-order chi connectivity index (χ1) is 19.0. The lowest BCUT2D eigenvalue weighted by Gasteiger charge is -2.17. The highest BCUT2D eigenvalue weighted by atomic mass is 35.5. The minimum Gasteiger partial charge on any atom is -0.366 e. The Balaban J connectivity index is 1.76. The monoisotopic (exact) mass is 582 g/mol. The molecule has 4 aromatic rings. The summed E-state index contributed by atoms with van der Waals surface area (Å²) in [6.07, 6.45) is 1.19. The van der Waals surface area contributed by atoms with Gasteiger partial charge in [0, 0.05) is 17.4 Å². The van der Waals surface area contributed by atoms with Crippen LogP contribution in [-0.2, 0) is 9.84 Å². The molecule has 2 amide bonds. The van der Waals surface area contributed by atoms with Gasteiger partial charge in [0.25, 0.3) is 5.91 Å². The number of carbonyl (C=O) groups is 2. The molecule has 4 rings (SSSR count). The molecule has 3 aromatic carbocycles. The Morgan fingerprint density at radius 2 is 1.68 bits per heavy atom. The second-order valence-corrected chi connectivity index (χ2v) is 11.7. The van der Waals surface area contributed by atoms with Gasteiger partial charge >= 0.3 is 0 Å². The van der Waals surface area contributed by atoms with Gasteiger partial charge in [-0.25, -0.2) is 17.8 Å². The molecule has 5 N–H and O–H groups in total. The Bertz CT molecular complexity index is 1680. The van der Waals surface area contributed by atoms with Crippen LogP contribution in [0.15, 0.2) is 77.8 Å². The molecule has 0 bridgehead atoms. The Morgan fingerprint density at radius 1 is 0.975 bits per heavy atom. The number of nitrogens with zero attached hydrogens (tertiary/aromatic N) is 2. The Morgan fingerprint density at radius 3 is 2.33 bits per heavy atom. The fourth-order valence-electron chi connectivity index (χ4n) is 3.55. The average Bonchev–Trinajstić information content (AvgIpc) is 2.91. The number of primary amides is 1. The summed E-state index contributed by atoms with van der Waals surface area (Å²) in [6.45, 7) is 3.11. The maximum atomic E-state index is 14.4. The van der Waals surface area contributed by atoms with Crippen molar-refractivity contribution in [3.63, 3.8) is 0 Å². The number of benzene rings is 3. The summed E-state index contributed by atoms with van der Waals surface area (Å²) in [5, 5.41) is 7.56. The first-order valence-corrected chi connectivity index (χ1v) is 13.8. The smallest absolute Gasteiger partial charge is 0.261 e. The molecular formula is C27H24ClFN6O4S. The summed E-state index contributed by atoms with van der Waals surface area (Å²) in [5.74, 6) is -2.16. The molecule has 0 saturated carbocycles. The highest BCUT2D eigenvalue weighted by molar-refractivity contribution is 7.92. The van der Waals surface area contributed by atoms with E-state index in [1.54, 1.807) is 38.1 Å². The number of nitrogens with two attached hydrogens (primary N) is 1. The number of halogens is 2. The molecule has 1 heterocycles. The van der Waals surface area contributed by atoms with Crippen LogP contribution in [-0.4, -0.2) is 35.5 Å². The summed E-state index contributed by atoms with van der Waals surface area (Å²) in [7, 11) is -3.72. The van der Waals surface area contributed by atoms with Crippen LogP contribution in [0.5, 0.6) is 0 Å². The van der Waals surface area contributed by atoms with Crippen LogP contribution < -0.4 is 21.7 Å². The van der Waals surface area contributed by atoms with E-state index in [1.807, 2.05) is 0 Å². The van der Waals surface area contributed by atoms with E-state index >= 15 is 0 Å². The lowest BCUT2D eigenvalue weighted by Crippen LogP contribution is -2.19. The van der Waals surface area contributed by atoms with Gasteiger partial charge in [-0.15, -0.1) is 0 Å². The van der Waals surface area contributed by atoms with E-state index < -0.39 is 32.7 Å². The fraction of sp³-hybridized carbons (Fsp3) is 0.111. The Kier molecular flexibility index (Phi) is 8.31. The molecule has 206 valence electrons. The normalized spacial score (nSPS) is 11.2. The van der Waals surface area contributed by atoms with Crippen molar-refractivity contribution in [1.82, 2.24) is 9.97 Å². The lowest BCUT2D eigenvalue weighted by atomic mass is 10.2. The molecule has 40 heavy (non-hydrogen) atoms. The van der Waals surface area contributed by atoms with Crippen LogP contribution in [0.3, 0.4) is 0 Å². The molecular weight excluding hydrogens is 559 g/mol. The summed E-state index contributed by atoms with van der Waals surface area (Å²) < 4.78 is 40.4. The molecule has 0 aliphatic heterocycles. The Hall–Kier alpha value is -4.55. The first-order valence-electron chi connectivity index (χ1n) is 11.9. The van der Waals surface area contributed by atoms with E-state index in [9.17, 15) is 22.4 Å². The first kappa shape index (κ1) is 28.5. The number of anilines is 5. The minimum absolute atomic E-state index is 0.00340. The number of hydrogen-bond donors (Lipinski definition) is 4. The van der Waals surface area contributed by atoms with Crippen LogP contribution in [0.1, 0.15) is 34.6 Å². The van der Waals surface area contributed by atoms with Crippen molar-refractivity contribution >= 4 is 62.1 Å². The quantitative estimate of drug-likeness (QED) is 0.207. The van der Waals surface area contributed by atoms with Crippen molar-refractivity contribution < 1.29 is 22.4 Å². The third kappa shape index (κ3) is 6.19. The van der Waals surface area contributed by atoms with Gasteiger partial charge in [-0.05, 0) is 62.4 Å². The molecule has 0 aliphatic rings. The van der Waals surface area contributed by atoms with Gasteiger partial charge in [0.2, 0.25) is 11.9 Å². The summed E-state index contributed by atoms with van der Waals surface area (Å²) in [5.41, 5.74) is 5.91. The summed E-state index contributed by atoms with van der Waals surface area (Å²) >= 11 is 6.07. The zero-order valence-electron chi connectivity index (χ0n) is 21.3.